The van der Waals surface area contributed by atoms with Gasteiger partial charge in [-0.3, -0.25) is 0 Å². The van der Waals surface area contributed by atoms with Gasteiger partial charge < -0.3 is 21.2 Å². The highest BCUT2D eigenvalue weighted by molar-refractivity contribution is 9.10. The van der Waals surface area contributed by atoms with E-state index in [0.29, 0.717) is 11.8 Å². The lowest BCUT2D eigenvalue weighted by molar-refractivity contribution is 0.249. The summed E-state index contributed by atoms with van der Waals surface area (Å²) in [7, 11) is 0. The van der Waals surface area contributed by atoms with Crippen LogP contribution in [0, 0.1) is 5.92 Å². The smallest absolute Gasteiger partial charge is 0.229 e. The Bertz CT molecular complexity index is 724. The maximum absolute atomic E-state index is 9.49. The van der Waals surface area contributed by atoms with E-state index in [4.69, 9.17) is 0 Å². The average molecular weight is 393 g/mol. The van der Waals surface area contributed by atoms with Crippen LogP contribution in [0.4, 0.5) is 23.1 Å². The molecular weight excluding hydrogens is 372 g/mol. The molecule has 24 heavy (non-hydrogen) atoms. The molecule has 1 aromatic carbocycles. The summed E-state index contributed by atoms with van der Waals surface area (Å²) in [5.41, 5.74) is 9.38. The molecular formula is C16H21BrN6O. The van der Waals surface area contributed by atoms with Gasteiger partial charge in [0.05, 0.1) is 22.8 Å². The first-order chi connectivity index (χ1) is 11.6. The number of halogens is 1. The second-order valence-corrected chi connectivity index (χ2v) is 6.90. The zero-order chi connectivity index (χ0) is 17.1. The van der Waals surface area contributed by atoms with Crippen LogP contribution in [0.1, 0.15) is 19.4 Å². The Labute approximate surface area is 149 Å². The number of aliphatic hydroxyl groups excluding tert-OH is 1. The summed E-state index contributed by atoms with van der Waals surface area (Å²) >= 11 is 3.45. The molecule has 7 nitrogen and oxygen atoms in total. The van der Waals surface area contributed by atoms with E-state index in [1.165, 1.54) is 5.56 Å². The molecule has 2 aromatic rings. The molecule has 1 aliphatic heterocycles. The number of benzene rings is 1. The monoisotopic (exact) mass is 392 g/mol. The number of aliphatic hydroxyl groups is 1. The summed E-state index contributed by atoms with van der Waals surface area (Å²) in [6.07, 6.45) is 1.70. The van der Waals surface area contributed by atoms with E-state index in [1.54, 1.807) is 6.20 Å². The highest BCUT2D eigenvalue weighted by atomic mass is 79.9. The van der Waals surface area contributed by atoms with Crippen molar-refractivity contribution in [2.45, 2.75) is 26.4 Å². The van der Waals surface area contributed by atoms with Gasteiger partial charge in [0.2, 0.25) is 5.95 Å². The molecule has 0 saturated carbocycles. The average Bonchev–Trinajstić information content (AvgIpc) is 3.02. The summed E-state index contributed by atoms with van der Waals surface area (Å²) in [5, 5.41) is 16.0. The van der Waals surface area contributed by atoms with Gasteiger partial charge in [0.25, 0.3) is 0 Å². The van der Waals surface area contributed by atoms with Crippen molar-refractivity contribution in [3.05, 3.63) is 34.4 Å². The van der Waals surface area contributed by atoms with E-state index in [1.807, 2.05) is 12.1 Å². The highest BCUT2D eigenvalue weighted by Crippen LogP contribution is 2.27. The molecule has 5 N–H and O–H groups in total. The Balaban J connectivity index is 1.78. The first-order valence-electron chi connectivity index (χ1n) is 7.85. The topological polar surface area (TPSA) is 94.1 Å². The van der Waals surface area contributed by atoms with Gasteiger partial charge in [0.1, 0.15) is 5.82 Å². The fourth-order valence-electron chi connectivity index (χ4n) is 2.43. The van der Waals surface area contributed by atoms with Crippen LogP contribution in [0.5, 0.6) is 0 Å². The second kappa shape index (κ2) is 7.33. The summed E-state index contributed by atoms with van der Waals surface area (Å²) in [5.74, 6) is 1.44. The van der Waals surface area contributed by atoms with Crippen molar-refractivity contribution in [2.75, 3.05) is 22.7 Å². The summed E-state index contributed by atoms with van der Waals surface area (Å²) in [6.45, 7) is 4.93. The fourth-order valence-corrected chi connectivity index (χ4v) is 2.74. The van der Waals surface area contributed by atoms with E-state index in [0.717, 1.165) is 22.4 Å². The van der Waals surface area contributed by atoms with Crippen LogP contribution in [0.25, 0.3) is 0 Å². The van der Waals surface area contributed by atoms with Crippen LogP contribution < -0.4 is 21.5 Å². The van der Waals surface area contributed by atoms with Crippen LogP contribution in [-0.2, 0) is 6.54 Å². The van der Waals surface area contributed by atoms with Crippen molar-refractivity contribution < 1.29 is 5.11 Å². The first-order valence-corrected chi connectivity index (χ1v) is 8.65. The molecule has 1 aliphatic rings. The third kappa shape index (κ3) is 3.77. The number of anilines is 4. The summed E-state index contributed by atoms with van der Waals surface area (Å²) in [6, 6.07) is 5.98. The normalized spacial score (nSPS) is 14.2. The fraction of sp³-hybridized carbons (Fsp3) is 0.375. The van der Waals surface area contributed by atoms with E-state index in [2.05, 4.69) is 67.3 Å². The molecule has 0 amide bonds. The third-order valence-corrected chi connectivity index (χ3v) is 4.51. The molecule has 0 fully saturated rings. The van der Waals surface area contributed by atoms with Crippen molar-refractivity contribution in [1.82, 2.24) is 15.4 Å². The van der Waals surface area contributed by atoms with Crippen LogP contribution in [0.15, 0.2) is 28.9 Å². The second-order valence-electron chi connectivity index (χ2n) is 6.04. The molecule has 128 valence electrons. The van der Waals surface area contributed by atoms with Gasteiger partial charge in [0, 0.05) is 18.4 Å². The van der Waals surface area contributed by atoms with Crippen LogP contribution >= 0.6 is 15.9 Å². The molecule has 1 atom stereocenters. The first kappa shape index (κ1) is 16.9. The van der Waals surface area contributed by atoms with Gasteiger partial charge in [-0.15, -0.1) is 0 Å². The van der Waals surface area contributed by atoms with Crippen LogP contribution in [0.2, 0.25) is 0 Å². The van der Waals surface area contributed by atoms with Gasteiger partial charge in [-0.1, -0.05) is 13.8 Å². The maximum Gasteiger partial charge on any atom is 0.229 e. The standard InChI is InChI=1S/C16H21BrN6O/c1-9(2)14(8-24)21-15-12(17)7-18-16(22-15)20-11-3-4-13-10(5-11)6-19-23-13/h3-5,7,9,14,19,23-24H,6,8H2,1-2H3,(H2,18,20,21,22)/t14-/m0/s1. The third-order valence-electron chi connectivity index (χ3n) is 3.93. The molecule has 1 aromatic heterocycles. The molecule has 0 unspecified atom stereocenters. The number of hydrazine groups is 1. The molecule has 3 rings (SSSR count). The Kier molecular flexibility index (Phi) is 5.17. The van der Waals surface area contributed by atoms with Crippen molar-refractivity contribution in [3.8, 4) is 0 Å². The van der Waals surface area contributed by atoms with Crippen LogP contribution in [-0.4, -0.2) is 27.7 Å². The van der Waals surface area contributed by atoms with Gasteiger partial charge in [-0.2, -0.15) is 4.98 Å². The minimum absolute atomic E-state index is 0.0433. The number of nitrogens with one attached hydrogen (secondary N) is 4. The van der Waals surface area contributed by atoms with Crippen molar-refractivity contribution in [1.29, 1.82) is 0 Å². The van der Waals surface area contributed by atoms with Gasteiger partial charge in [-0.05, 0) is 45.6 Å². The minimum atomic E-state index is -0.0683. The number of nitrogens with zero attached hydrogens (tertiary/aromatic N) is 2. The van der Waals surface area contributed by atoms with Crippen molar-refractivity contribution in [3.63, 3.8) is 0 Å². The Hall–Kier alpha value is -1.90. The lowest BCUT2D eigenvalue weighted by atomic mass is 10.1. The molecule has 8 heteroatoms. The minimum Gasteiger partial charge on any atom is -0.394 e. The zero-order valence-corrected chi connectivity index (χ0v) is 15.2. The number of aromatic nitrogens is 2. The molecule has 0 spiro atoms. The Morgan fingerprint density at radius 1 is 1.38 bits per heavy atom. The number of hydrogen-bond donors (Lipinski definition) is 5. The Morgan fingerprint density at radius 3 is 2.96 bits per heavy atom. The molecule has 0 bridgehead atoms. The van der Waals surface area contributed by atoms with Gasteiger partial charge in [-0.25, -0.2) is 10.4 Å². The number of rotatable bonds is 6. The largest absolute Gasteiger partial charge is 0.394 e. The SMILES string of the molecule is CC(C)[C@H](CO)Nc1nc(Nc2ccc3c(c2)CNN3)ncc1Br. The maximum atomic E-state index is 9.49. The zero-order valence-electron chi connectivity index (χ0n) is 13.6. The Morgan fingerprint density at radius 2 is 2.21 bits per heavy atom. The lowest BCUT2D eigenvalue weighted by Gasteiger charge is -2.21. The summed E-state index contributed by atoms with van der Waals surface area (Å²) < 4.78 is 0.759. The van der Waals surface area contributed by atoms with E-state index >= 15 is 0 Å². The predicted molar refractivity (Wildman–Crippen MR) is 99.3 cm³/mol. The predicted octanol–water partition coefficient (Wildman–Crippen LogP) is 2.84. The van der Waals surface area contributed by atoms with E-state index in [-0.39, 0.29) is 18.6 Å². The highest BCUT2D eigenvalue weighted by Gasteiger charge is 2.15. The number of hydrogen-bond acceptors (Lipinski definition) is 7. The lowest BCUT2D eigenvalue weighted by Crippen LogP contribution is -2.30. The quantitative estimate of drug-likeness (QED) is 0.515. The van der Waals surface area contributed by atoms with Crippen LogP contribution in [0.3, 0.4) is 0 Å². The van der Waals surface area contributed by atoms with Gasteiger partial charge in [0.15, 0.2) is 0 Å². The van der Waals surface area contributed by atoms with Gasteiger partial charge >= 0.3 is 0 Å². The van der Waals surface area contributed by atoms with Crippen molar-refractivity contribution in [2.24, 2.45) is 5.92 Å². The number of fused-ring (bicyclic) bond motifs is 1. The van der Waals surface area contributed by atoms with E-state index in [9.17, 15) is 5.11 Å². The van der Waals surface area contributed by atoms with E-state index < -0.39 is 0 Å². The molecule has 0 aliphatic carbocycles. The summed E-state index contributed by atoms with van der Waals surface area (Å²) in [4.78, 5) is 8.81. The van der Waals surface area contributed by atoms with Crippen molar-refractivity contribution >= 4 is 39.1 Å². The molecule has 0 saturated heterocycles. The molecule has 0 radical (unpaired) electrons. The molecule has 2 heterocycles.